The fourth-order valence-corrected chi connectivity index (χ4v) is 2.25. The molecule has 0 fully saturated rings. The van der Waals surface area contributed by atoms with Gasteiger partial charge in [-0.15, -0.1) is 0 Å². The van der Waals surface area contributed by atoms with Gasteiger partial charge >= 0.3 is 5.97 Å². The number of rotatable bonds is 5. The van der Waals surface area contributed by atoms with Crippen LogP contribution in [0.3, 0.4) is 0 Å². The van der Waals surface area contributed by atoms with Gasteiger partial charge in [0.1, 0.15) is 12.2 Å². The van der Waals surface area contributed by atoms with Gasteiger partial charge < -0.3 is 4.74 Å². The van der Waals surface area contributed by atoms with Gasteiger partial charge in [-0.3, -0.25) is 13.7 Å². The number of aryl methyl sites for hydroxylation is 1. The fraction of sp³-hybridized carbons (Fsp3) is 0.667. The smallest absolute Gasteiger partial charge is 0.306 e. The van der Waals surface area contributed by atoms with Crippen LogP contribution in [-0.2, 0) is 33.1 Å². The summed E-state index contributed by atoms with van der Waals surface area (Å²) in [7, 11) is 1.91. The maximum Gasteiger partial charge on any atom is 0.306 e. The molecule has 0 N–H and O–H groups in total. The molecule has 0 radical (unpaired) electrons. The van der Waals surface area contributed by atoms with E-state index in [4.69, 9.17) is 0 Å². The summed E-state index contributed by atoms with van der Waals surface area (Å²) in [6, 6.07) is 0. The molecule has 0 aromatic carbocycles. The molecule has 0 saturated heterocycles. The molecule has 90 valence electrons. The van der Waals surface area contributed by atoms with E-state index in [1.807, 2.05) is 0 Å². The Morgan fingerprint density at radius 1 is 1.69 bits per heavy atom. The molecule has 0 spiro atoms. The Labute approximate surface area is 96.5 Å². The number of ether oxygens (including phenoxy) is 1. The first-order chi connectivity index (χ1) is 7.54. The van der Waals surface area contributed by atoms with Gasteiger partial charge in [-0.1, -0.05) is 6.92 Å². The average Bonchev–Trinajstić information content (AvgIpc) is 2.64. The Morgan fingerprint density at radius 2 is 2.38 bits per heavy atom. The third kappa shape index (κ3) is 3.41. The van der Waals surface area contributed by atoms with Gasteiger partial charge in [0.2, 0.25) is 0 Å². The molecule has 6 nitrogen and oxygen atoms in total. The second-order valence-electron chi connectivity index (χ2n) is 3.42. The van der Waals surface area contributed by atoms with Gasteiger partial charge in [-0.2, -0.15) is 5.10 Å². The first-order valence-corrected chi connectivity index (χ1v) is 6.19. The summed E-state index contributed by atoms with van der Waals surface area (Å²) < 4.78 is 17.9. The van der Waals surface area contributed by atoms with Crippen LogP contribution in [0, 0.1) is 0 Å². The Morgan fingerprint density at radius 3 is 2.88 bits per heavy atom. The summed E-state index contributed by atoms with van der Waals surface area (Å²) in [5, 5.41) is 3.64. The molecule has 0 aliphatic rings. The fourth-order valence-electron chi connectivity index (χ4n) is 1.13. The van der Waals surface area contributed by atoms with Crippen LogP contribution in [0.2, 0.25) is 0 Å². The lowest BCUT2D eigenvalue weighted by molar-refractivity contribution is -0.140. The number of carbonyl (C=O) groups is 1. The molecule has 2 unspecified atom stereocenters. The standard InChI is InChI=1S/C9H15N3O3S/c1-7(4-9(13)15-3)16(14)5-8-10-6-11-12(8)2/h6-7H,4-5H2,1-3H3. The maximum atomic E-state index is 11.8. The maximum absolute atomic E-state index is 11.8. The summed E-state index contributed by atoms with van der Waals surface area (Å²) in [6.45, 7) is 1.75. The molecule has 0 aliphatic carbocycles. The number of hydrogen-bond donors (Lipinski definition) is 0. The van der Waals surface area contributed by atoms with Crippen molar-refractivity contribution in [3.8, 4) is 0 Å². The van der Waals surface area contributed by atoms with Crippen molar-refractivity contribution in [1.29, 1.82) is 0 Å². The minimum absolute atomic E-state index is 0.154. The van der Waals surface area contributed by atoms with Crippen LogP contribution < -0.4 is 0 Å². The molecule has 1 aromatic heterocycles. The molecule has 2 atom stereocenters. The van der Waals surface area contributed by atoms with Crippen molar-refractivity contribution in [2.75, 3.05) is 7.11 Å². The number of aromatic nitrogens is 3. The van der Waals surface area contributed by atoms with Crippen LogP contribution in [0.15, 0.2) is 6.33 Å². The van der Waals surface area contributed by atoms with Crippen LogP contribution in [0.4, 0.5) is 0 Å². The monoisotopic (exact) mass is 245 g/mol. The van der Waals surface area contributed by atoms with Crippen LogP contribution in [0.1, 0.15) is 19.2 Å². The van der Waals surface area contributed by atoms with Crippen molar-refractivity contribution in [2.45, 2.75) is 24.3 Å². The van der Waals surface area contributed by atoms with Gasteiger partial charge in [0.15, 0.2) is 0 Å². The predicted octanol–water partition coefficient (Wildman–Crippen LogP) is 0.0154. The molecule has 0 bridgehead atoms. The van der Waals surface area contributed by atoms with E-state index in [9.17, 15) is 9.00 Å². The van der Waals surface area contributed by atoms with E-state index in [0.29, 0.717) is 11.6 Å². The van der Waals surface area contributed by atoms with Crippen LogP contribution in [0.25, 0.3) is 0 Å². The van der Waals surface area contributed by atoms with Crippen molar-refractivity contribution >= 4 is 16.8 Å². The molecular formula is C9H15N3O3S. The van der Waals surface area contributed by atoms with Gasteiger partial charge in [-0.25, -0.2) is 4.98 Å². The SMILES string of the molecule is COC(=O)CC(C)S(=O)Cc1ncnn1C. The minimum Gasteiger partial charge on any atom is -0.469 e. The zero-order valence-electron chi connectivity index (χ0n) is 9.54. The lowest BCUT2D eigenvalue weighted by atomic mass is 10.3. The van der Waals surface area contributed by atoms with E-state index in [2.05, 4.69) is 14.8 Å². The third-order valence-corrected chi connectivity index (χ3v) is 3.81. The van der Waals surface area contributed by atoms with E-state index in [-0.39, 0.29) is 17.6 Å². The van der Waals surface area contributed by atoms with Gasteiger partial charge in [0.05, 0.1) is 19.3 Å². The topological polar surface area (TPSA) is 74.1 Å². The Balaban J connectivity index is 2.52. The lowest BCUT2D eigenvalue weighted by Crippen LogP contribution is -2.19. The van der Waals surface area contributed by atoms with E-state index >= 15 is 0 Å². The summed E-state index contributed by atoms with van der Waals surface area (Å²) in [6.07, 6.45) is 1.57. The van der Waals surface area contributed by atoms with Crippen molar-refractivity contribution in [1.82, 2.24) is 14.8 Å². The highest BCUT2D eigenvalue weighted by molar-refractivity contribution is 7.84. The number of carbonyl (C=O) groups excluding carboxylic acids is 1. The zero-order chi connectivity index (χ0) is 12.1. The molecule has 0 saturated carbocycles. The Bertz CT molecular complexity index is 391. The van der Waals surface area contributed by atoms with Crippen molar-refractivity contribution in [3.63, 3.8) is 0 Å². The first-order valence-electron chi connectivity index (χ1n) is 4.81. The minimum atomic E-state index is -1.15. The highest BCUT2D eigenvalue weighted by Crippen LogP contribution is 2.07. The van der Waals surface area contributed by atoms with E-state index in [1.54, 1.807) is 18.7 Å². The highest BCUT2D eigenvalue weighted by atomic mass is 32.2. The number of esters is 1. The molecule has 7 heteroatoms. The van der Waals surface area contributed by atoms with E-state index in [0.717, 1.165) is 0 Å². The van der Waals surface area contributed by atoms with Crippen molar-refractivity contribution in [3.05, 3.63) is 12.2 Å². The van der Waals surface area contributed by atoms with Crippen LogP contribution in [-0.4, -0.2) is 37.3 Å². The van der Waals surface area contributed by atoms with Gasteiger partial charge in [0.25, 0.3) is 0 Å². The molecule has 1 aromatic rings. The zero-order valence-corrected chi connectivity index (χ0v) is 10.4. The normalized spacial score (nSPS) is 14.4. The Kier molecular flexibility index (Phi) is 4.60. The molecule has 0 amide bonds. The molecule has 1 heterocycles. The number of hydrogen-bond acceptors (Lipinski definition) is 5. The quantitative estimate of drug-likeness (QED) is 0.683. The van der Waals surface area contributed by atoms with Gasteiger partial charge in [0, 0.05) is 23.1 Å². The van der Waals surface area contributed by atoms with Crippen LogP contribution >= 0.6 is 0 Å². The van der Waals surface area contributed by atoms with Gasteiger partial charge in [-0.05, 0) is 0 Å². The van der Waals surface area contributed by atoms with Crippen molar-refractivity contribution in [2.24, 2.45) is 7.05 Å². The highest BCUT2D eigenvalue weighted by Gasteiger charge is 2.17. The number of nitrogens with zero attached hydrogens (tertiary/aromatic N) is 3. The van der Waals surface area contributed by atoms with Crippen LogP contribution in [0.5, 0.6) is 0 Å². The predicted molar refractivity (Wildman–Crippen MR) is 58.9 cm³/mol. The summed E-state index contributed by atoms with van der Waals surface area (Å²) in [5.41, 5.74) is 0. The Hall–Kier alpha value is -1.24. The first kappa shape index (κ1) is 12.8. The largest absolute Gasteiger partial charge is 0.469 e. The summed E-state index contributed by atoms with van der Waals surface area (Å²) >= 11 is 0. The molecule has 1 rings (SSSR count). The third-order valence-electron chi connectivity index (χ3n) is 2.21. The second kappa shape index (κ2) is 5.74. The average molecular weight is 245 g/mol. The molecular weight excluding hydrogens is 230 g/mol. The summed E-state index contributed by atoms with van der Waals surface area (Å²) in [5.74, 6) is 0.600. The lowest BCUT2D eigenvalue weighted by Gasteiger charge is -2.09. The molecule has 16 heavy (non-hydrogen) atoms. The molecule has 0 aliphatic heterocycles. The second-order valence-corrected chi connectivity index (χ2v) is 5.27. The van der Waals surface area contributed by atoms with E-state index in [1.165, 1.54) is 13.4 Å². The van der Waals surface area contributed by atoms with E-state index < -0.39 is 10.8 Å². The summed E-state index contributed by atoms with van der Waals surface area (Å²) in [4.78, 5) is 15.0. The van der Waals surface area contributed by atoms with Crippen molar-refractivity contribution < 1.29 is 13.7 Å². The number of methoxy groups -OCH3 is 1.